The molecule has 0 aromatic heterocycles. The lowest BCUT2D eigenvalue weighted by atomic mass is 10.0. The number of likely N-dealkylation sites (tertiary alicyclic amines) is 1. The summed E-state index contributed by atoms with van der Waals surface area (Å²) in [6.45, 7) is 1.59. The Hall–Kier alpha value is -1.08. The second-order valence-electron chi connectivity index (χ2n) is 5.26. The maximum absolute atomic E-state index is 12.1. The summed E-state index contributed by atoms with van der Waals surface area (Å²) in [5.74, 6) is 0.135. The van der Waals surface area contributed by atoms with E-state index in [1.165, 1.54) is 6.42 Å². The molecule has 0 aliphatic carbocycles. The van der Waals surface area contributed by atoms with Crippen molar-refractivity contribution in [3.05, 3.63) is 0 Å². The van der Waals surface area contributed by atoms with Crippen molar-refractivity contribution in [3.8, 4) is 6.07 Å². The normalized spacial score (nSPS) is 28.7. The largest absolute Gasteiger partial charge is 0.378 e. The lowest BCUT2D eigenvalue weighted by Gasteiger charge is -2.32. The maximum atomic E-state index is 12.1. The number of nitriles is 1. The van der Waals surface area contributed by atoms with Crippen molar-refractivity contribution in [2.24, 2.45) is 0 Å². The third-order valence-corrected chi connectivity index (χ3v) is 3.93. The topological polar surface area (TPSA) is 53.3 Å². The Morgan fingerprint density at radius 3 is 2.83 bits per heavy atom. The van der Waals surface area contributed by atoms with Gasteiger partial charge in [0.05, 0.1) is 12.2 Å². The molecule has 2 aliphatic heterocycles. The van der Waals surface area contributed by atoms with Crippen molar-refractivity contribution in [2.45, 2.75) is 63.5 Å². The highest BCUT2D eigenvalue weighted by Gasteiger charge is 2.26. The van der Waals surface area contributed by atoms with Crippen LogP contribution in [0.3, 0.4) is 0 Å². The van der Waals surface area contributed by atoms with E-state index < -0.39 is 0 Å². The molecule has 4 heteroatoms. The van der Waals surface area contributed by atoms with E-state index in [9.17, 15) is 4.79 Å². The first kappa shape index (κ1) is 13.4. The van der Waals surface area contributed by atoms with Gasteiger partial charge in [-0.25, -0.2) is 0 Å². The fraction of sp³-hybridized carbons (Fsp3) is 0.857. The quantitative estimate of drug-likeness (QED) is 0.772. The molecule has 100 valence electrons. The molecule has 0 spiro atoms. The van der Waals surface area contributed by atoms with Gasteiger partial charge < -0.3 is 9.64 Å². The van der Waals surface area contributed by atoms with Crippen LogP contribution in [0.1, 0.15) is 51.4 Å². The third kappa shape index (κ3) is 3.46. The molecule has 0 radical (unpaired) electrons. The van der Waals surface area contributed by atoms with Crippen LogP contribution in [0.4, 0.5) is 0 Å². The predicted molar refractivity (Wildman–Crippen MR) is 67.8 cm³/mol. The standard InChI is InChI=1S/C14H22N2O2/c15-11-12-5-1-3-9-16(12)14(17)8-7-13-6-2-4-10-18-13/h12-13H,1-10H2. The summed E-state index contributed by atoms with van der Waals surface area (Å²) >= 11 is 0. The van der Waals surface area contributed by atoms with Crippen molar-refractivity contribution in [2.75, 3.05) is 13.2 Å². The van der Waals surface area contributed by atoms with Crippen molar-refractivity contribution in [1.82, 2.24) is 4.90 Å². The zero-order chi connectivity index (χ0) is 12.8. The zero-order valence-corrected chi connectivity index (χ0v) is 10.9. The SMILES string of the molecule is N#CC1CCCCN1C(=O)CCC1CCCCO1. The van der Waals surface area contributed by atoms with Crippen molar-refractivity contribution in [3.63, 3.8) is 0 Å². The Kier molecular flexibility index (Phi) is 5.00. The van der Waals surface area contributed by atoms with E-state index in [0.29, 0.717) is 6.42 Å². The second-order valence-corrected chi connectivity index (χ2v) is 5.26. The van der Waals surface area contributed by atoms with Gasteiger partial charge in [0.2, 0.25) is 5.91 Å². The van der Waals surface area contributed by atoms with Gasteiger partial charge in [-0.1, -0.05) is 0 Å². The molecule has 18 heavy (non-hydrogen) atoms. The molecule has 0 N–H and O–H groups in total. The number of hydrogen-bond donors (Lipinski definition) is 0. The van der Waals surface area contributed by atoms with Gasteiger partial charge in [-0.05, 0) is 44.9 Å². The van der Waals surface area contributed by atoms with Crippen LogP contribution in [0.25, 0.3) is 0 Å². The van der Waals surface area contributed by atoms with Gasteiger partial charge in [0.25, 0.3) is 0 Å². The number of amides is 1. The maximum Gasteiger partial charge on any atom is 0.223 e. The van der Waals surface area contributed by atoms with E-state index in [-0.39, 0.29) is 18.1 Å². The number of carbonyl (C=O) groups is 1. The monoisotopic (exact) mass is 250 g/mol. The first-order valence-electron chi connectivity index (χ1n) is 7.12. The fourth-order valence-corrected chi connectivity index (χ4v) is 2.83. The summed E-state index contributed by atoms with van der Waals surface area (Å²) in [5, 5.41) is 9.06. The van der Waals surface area contributed by atoms with Gasteiger partial charge >= 0.3 is 0 Å². The molecular weight excluding hydrogens is 228 g/mol. The molecule has 2 saturated heterocycles. The number of rotatable bonds is 3. The van der Waals surface area contributed by atoms with Gasteiger partial charge in [-0.2, -0.15) is 5.26 Å². The number of piperidine rings is 1. The summed E-state index contributed by atoms with van der Waals surface area (Å²) < 4.78 is 5.63. The molecule has 2 atom stereocenters. The van der Waals surface area contributed by atoms with Crippen LogP contribution in [-0.2, 0) is 9.53 Å². The molecule has 2 aliphatic rings. The van der Waals surface area contributed by atoms with Gasteiger partial charge in [0, 0.05) is 19.6 Å². The van der Waals surface area contributed by atoms with Crippen LogP contribution in [0.15, 0.2) is 0 Å². The summed E-state index contributed by atoms with van der Waals surface area (Å²) in [4.78, 5) is 13.9. The van der Waals surface area contributed by atoms with Crippen molar-refractivity contribution >= 4 is 5.91 Å². The number of hydrogen-bond acceptors (Lipinski definition) is 3. The Morgan fingerprint density at radius 2 is 2.11 bits per heavy atom. The molecule has 1 amide bonds. The van der Waals surface area contributed by atoms with E-state index in [1.54, 1.807) is 4.90 Å². The molecule has 2 rings (SSSR count). The van der Waals surface area contributed by atoms with Crippen LogP contribution in [0.5, 0.6) is 0 Å². The van der Waals surface area contributed by atoms with E-state index in [1.807, 2.05) is 0 Å². The van der Waals surface area contributed by atoms with E-state index in [2.05, 4.69) is 6.07 Å². The predicted octanol–water partition coefficient (Wildman–Crippen LogP) is 2.24. The molecule has 2 unspecified atom stereocenters. The minimum atomic E-state index is -0.196. The van der Waals surface area contributed by atoms with Crippen LogP contribution in [0, 0.1) is 11.3 Å². The second kappa shape index (κ2) is 6.75. The molecule has 0 aromatic rings. The van der Waals surface area contributed by atoms with Crippen LogP contribution in [-0.4, -0.2) is 36.1 Å². The van der Waals surface area contributed by atoms with E-state index >= 15 is 0 Å². The average Bonchev–Trinajstić information content (AvgIpc) is 2.45. The Balaban J connectivity index is 1.77. The van der Waals surface area contributed by atoms with Crippen molar-refractivity contribution < 1.29 is 9.53 Å². The minimum absolute atomic E-state index is 0.135. The molecule has 4 nitrogen and oxygen atoms in total. The summed E-state index contributed by atoms with van der Waals surface area (Å²) in [7, 11) is 0. The molecular formula is C14H22N2O2. The highest BCUT2D eigenvalue weighted by atomic mass is 16.5. The average molecular weight is 250 g/mol. The van der Waals surface area contributed by atoms with E-state index in [4.69, 9.17) is 10.00 Å². The summed E-state index contributed by atoms with van der Waals surface area (Å²) in [5.41, 5.74) is 0. The van der Waals surface area contributed by atoms with Crippen LogP contribution in [0.2, 0.25) is 0 Å². The van der Waals surface area contributed by atoms with Gasteiger partial charge in [0.15, 0.2) is 0 Å². The molecule has 0 aromatic carbocycles. The van der Waals surface area contributed by atoms with E-state index in [0.717, 1.165) is 51.7 Å². The van der Waals surface area contributed by atoms with Crippen LogP contribution < -0.4 is 0 Å². The first-order valence-corrected chi connectivity index (χ1v) is 7.12. The summed E-state index contributed by atoms with van der Waals surface area (Å²) in [6.07, 6.45) is 7.97. The first-order chi connectivity index (χ1) is 8.81. The molecule has 2 fully saturated rings. The minimum Gasteiger partial charge on any atom is -0.378 e. The van der Waals surface area contributed by atoms with Gasteiger partial charge in [-0.3, -0.25) is 4.79 Å². The molecule has 0 bridgehead atoms. The Bertz CT molecular complexity index is 318. The number of carbonyl (C=O) groups excluding carboxylic acids is 1. The number of nitrogens with zero attached hydrogens (tertiary/aromatic N) is 2. The Morgan fingerprint density at radius 1 is 1.28 bits per heavy atom. The van der Waals surface area contributed by atoms with Gasteiger partial charge in [0.1, 0.15) is 6.04 Å². The van der Waals surface area contributed by atoms with Crippen LogP contribution >= 0.6 is 0 Å². The summed E-state index contributed by atoms with van der Waals surface area (Å²) in [6, 6.07) is 2.05. The fourth-order valence-electron chi connectivity index (χ4n) is 2.83. The number of ether oxygens (including phenoxy) is 1. The highest BCUT2D eigenvalue weighted by Crippen LogP contribution is 2.21. The van der Waals surface area contributed by atoms with Crippen molar-refractivity contribution in [1.29, 1.82) is 5.26 Å². The van der Waals surface area contributed by atoms with Gasteiger partial charge in [-0.15, -0.1) is 0 Å². The third-order valence-electron chi connectivity index (χ3n) is 3.93. The highest BCUT2D eigenvalue weighted by molar-refractivity contribution is 5.77. The zero-order valence-electron chi connectivity index (χ0n) is 10.9. The molecule has 0 saturated carbocycles. The smallest absolute Gasteiger partial charge is 0.223 e. The lowest BCUT2D eigenvalue weighted by Crippen LogP contribution is -2.43. The lowest BCUT2D eigenvalue weighted by molar-refractivity contribution is -0.134. The Labute approximate surface area is 109 Å². The molecule has 2 heterocycles.